The number of aromatic carboxylic acids is 1. The lowest BCUT2D eigenvalue weighted by Gasteiger charge is -2.18. The molecule has 2 heterocycles. The molecule has 0 fully saturated rings. The molecule has 0 spiro atoms. The van der Waals surface area contributed by atoms with Crippen LogP contribution >= 0.6 is 0 Å². The van der Waals surface area contributed by atoms with Crippen LogP contribution in [0.25, 0.3) is 0 Å². The summed E-state index contributed by atoms with van der Waals surface area (Å²) in [4.78, 5) is 22.5. The van der Waals surface area contributed by atoms with Gasteiger partial charge in [-0.3, -0.25) is 4.79 Å². The third-order valence-corrected chi connectivity index (χ3v) is 3.16. The maximum absolute atomic E-state index is 11.9. The van der Waals surface area contributed by atoms with Crippen LogP contribution in [0, 0.1) is 0 Å². The number of carboxylic acids is 1. The van der Waals surface area contributed by atoms with Crippen molar-refractivity contribution in [2.45, 2.75) is 13.1 Å². The summed E-state index contributed by atoms with van der Waals surface area (Å²) in [5.41, 5.74) is 0.664. The van der Waals surface area contributed by atoms with Gasteiger partial charge in [-0.1, -0.05) is 11.3 Å². The minimum atomic E-state index is -1.19. The predicted molar refractivity (Wildman–Crippen MR) is 76.3 cm³/mol. The third-order valence-electron chi connectivity index (χ3n) is 3.16. The molecule has 2 N–H and O–H groups in total. The number of ether oxygens (including phenoxy) is 2. The highest BCUT2D eigenvalue weighted by Crippen LogP contribution is 2.30. The largest absolute Gasteiger partial charge is 0.486 e. The molecule has 9 nitrogen and oxygen atoms in total. The molecule has 0 saturated heterocycles. The molecular weight excluding hydrogens is 304 g/mol. The molecule has 1 aromatic carbocycles. The molecule has 2 aromatic rings. The molecular formula is C14H14N4O5. The molecule has 1 amide bonds. The number of carboxylic acid groups (broad SMARTS) is 1. The van der Waals surface area contributed by atoms with Crippen molar-refractivity contribution in [3.05, 3.63) is 35.7 Å². The van der Waals surface area contributed by atoms with Gasteiger partial charge in [0.05, 0.1) is 6.20 Å². The van der Waals surface area contributed by atoms with Gasteiger partial charge in [-0.05, 0) is 17.7 Å². The van der Waals surface area contributed by atoms with Crippen LogP contribution in [-0.4, -0.2) is 45.2 Å². The fourth-order valence-corrected chi connectivity index (χ4v) is 2.08. The number of amides is 1. The molecule has 23 heavy (non-hydrogen) atoms. The first-order chi connectivity index (χ1) is 11.1. The molecule has 0 atom stereocenters. The van der Waals surface area contributed by atoms with Crippen LogP contribution in [-0.2, 0) is 17.9 Å². The van der Waals surface area contributed by atoms with E-state index in [0.29, 0.717) is 31.3 Å². The van der Waals surface area contributed by atoms with Gasteiger partial charge in [-0.15, -0.1) is 5.10 Å². The van der Waals surface area contributed by atoms with Crippen LogP contribution in [0.3, 0.4) is 0 Å². The van der Waals surface area contributed by atoms with Gasteiger partial charge < -0.3 is 19.9 Å². The maximum atomic E-state index is 11.9. The molecule has 0 saturated carbocycles. The number of hydrogen-bond acceptors (Lipinski definition) is 6. The highest BCUT2D eigenvalue weighted by Gasteiger charge is 2.13. The number of fused-ring (bicyclic) bond motifs is 1. The summed E-state index contributed by atoms with van der Waals surface area (Å²) >= 11 is 0. The third kappa shape index (κ3) is 3.57. The van der Waals surface area contributed by atoms with Crippen molar-refractivity contribution in [1.29, 1.82) is 0 Å². The van der Waals surface area contributed by atoms with E-state index in [1.807, 2.05) is 12.1 Å². The Morgan fingerprint density at radius 1 is 1.26 bits per heavy atom. The number of hydrogen-bond donors (Lipinski definition) is 2. The lowest BCUT2D eigenvalue weighted by molar-refractivity contribution is -0.122. The second kappa shape index (κ2) is 6.34. The van der Waals surface area contributed by atoms with E-state index in [1.165, 1.54) is 10.9 Å². The Morgan fingerprint density at radius 2 is 2.04 bits per heavy atom. The van der Waals surface area contributed by atoms with Gasteiger partial charge in [-0.2, -0.15) is 0 Å². The standard InChI is InChI=1S/C14H14N4O5/c19-13(8-18-7-10(14(20)21)16-17-18)15-6-9-1-2-11-12(5-9)23-4-3-22-11/h1-2,5,7H,3-4,6,8H2,(H,15,19)(H,20,21). The van der Waals surface area contributed by atoms with E-state index in [9.17, 15) is 9.59 Å². The Balaban J connectivity index is 1.55. The molecule has 9 heteroatoms. The normalized spacial score (nSPS) is 12.7. The smallest absolute Gasteiger partial charge is 0.358 e. The molecule has 1 aliphatic rings. The minimum Gasteiger partial charge on any atom is -0.486 e. The molecule has 0 aliphatic carbocycles. The Bertz CT molecular complexity index is 743. The summed E-state index contributed by atoms with van der Waals surface area (Å²) in [5, 5.41) is 18.5. The summed E-state index contributed by atoms with van der Waals surface area (Å²) in [6.07, 6.45) is 1.20. The molecule has 0 unspecified atom stereocenters. The number of nitrogens with zero attached hydrogens (tertiary/aromatic N) is 3. The Kier molecular flexibility index (Phi) is 4.09. The van der Waals surface area contributed by atoms with Crippen molar-refractivity contribution in [3.63, 3.8) is 0 Å². The van der Waals surface area contributed by atoms with Crippen LogP contribution in [0.15, 0.2) is 24.4 Å². The van der Waals surface area contributed by atoms with Crippen molar-refractivity contribution in [1.82, 2.24) is 20.3 Å². The SMILES string of the molecule is O=C(Cn1cc(C(=O)O)nn1)NCc1ccc2c(c1)OCCO2. The lowest BCUT2D eigenvalue weighted by Crippen LogP contribution is -2.27. The van der Waals surface area contributed by atoms with Crippen LogP contribution < -0.4 is 14.8 Å². The van der Waals surface area contributed by atoms with E-state index < -0.39 is 5.97 Å². The molecule has 120 valence electrons. The quantitative estimate of drug-likeness (QED) is 0.801. The van der Waals surface area contributed by atoms with E-state index in [1.54, 1.807) is 6.07 Å². The van der Waals surface area contributed by atoms with Gasteiger partial charge in [0.2, 0.25) is 5.91 Å². The van der Waals surface area contributed by atoms with E-state index >= 15 is 0 Å². The zero-order chi connectivity index (χ0) is 16.2. The van der Waals surface area contributed by atoms with Crippen molar-refractivity contribution < 1.29 is 24.2 Å². The van der Waals surface area contributed by atoms with Crippen molar-refractivity contribution in [2.24, 2.45) is 0 Å². The second-order valence-electron chi connectivity index (χ2n) is 4.86. The average Bonchev–Trinajstić information content (AvgIpc) is 3.01. The van der Waals surface area contributed by atoms with Gasteiger partial charge in [0.25, 0.3) is 0 Å². The fraction of sp³-hybridized carbons (Fsp3) is 0.286. The van der Waals surface area contributed by atoms with Gasteiger partial charge >= 0.3 is 5.97 Å². The van der Waals surface area contributed by atoms with E-state index in [2.05, 4.69) is 15.6 Å². The van der Waals surface area contributed by atoms with E-state index in [4.69, 9.17) is 14.6 Å². The molecule has 3 rings (SSSR count). The maximum Gasteiger partial charge on any atom is 0.358 e. The highest BCUT2D eigenvalue weighted by molar-refractivity contribution is 5.84. The Morgan fingerprint density at radius 3 is 2.78 bits per heavy atom. The highest BCUT2D eigenvalue weighted by atomic mass is 16.6. The van der Waals surface area contributed by atoms with Gasteiger partial charge in [0.15, 0.2) is 17.2 Å². The van der Waals surface area contributed by atoms with Gasteiger partial charge in [0.1, 0.15) is 19.8 Å². The second-order valence-corrected chi connectivity index (χ2v) is 4.86. The summed E-state index contributed by atoms with van der Waals surface area (Å²) in [7, 11) is 0. The molecule has 0 bridgehead atoms. The van der Waals surface area contributed by atoms with Crippen LogP contribution in [0.2, 0.25) is 0 Å². The first-order valence-electron chi connectivity index (χ1n) is 6.90. The first kappa shape index (κ1) is 14.8. The number of carbonyl (C=O) groups excluding carboxylic acids is 1. The molecule has 1 aliphatic heterocycles. The zero-order valence-electron chi connectivity index (χ0n) is 12.1. The lowest BCUT2D eigenvalue weighted by atomic mass is 10.2. The van der Waals surface area contributed by atoms with E-state index in [-0.39, 0.29) is 18.1 Å². The van der Waals surface area contributed by atoms with Crippen molar-refractivity contribution >= 4 is 11.9 Å². The summed E-state index contributed by atoms with van der Waals surface area (Å²) in [5.74, 6) is -0.143. The summed E-state index contributed by atoms with van der Waals surface area (Å²) < 4.78 is 12.1. The van der Waals surface area contributed by atoms with Crippen LogP contribution in [0.5, 0.6) is 11.5 Å². The number of rotatable bonds is 5. The number of benzene rings is 1. The van der Waals surface area contributed by atoms with Crippen molar-refractivity contribution in [2.75, 3.05) is 13.2 Å². The molecule has 1 aromatic heterocycles. The molecule has 0 radical (unpaired) electrons. The van der Waals surface area contributed by atoms with Crippen molar-refractivity contribution in [3.8, 4) is 11.5 Å². The topological polar surface area (TPSA) is 116 Å². The van der Waals surface area contributed by atoms with E-state index in [0.717, 1.165) is 5.56 Å². The summed E-state index contributed by atoms with van der Waals surface area (Å²) in [6, 6.07) is 5.45. The Labute approximate surface area is 130 Å². The predicted octanol–water partition coefficient (Wildman–Crippen LogP) is 0.0639. The summed E-state index contributed by atoms with van der Waals surface area (Å²) in [6.45, 7) is 1.24. The van der Waals surface area contributed by atoms with Gasteiger partial charge in [-0.25, -0.2) is 9.48 Å². The van der Waals surface area contributed by atoms with Gasteiger partial charge in [0, 0.05) is 6.54 Å². The number of carbonyl (C=O) groups is 2. The van der Waals surface area contributed by atoms with Crippen LogP contribution in [0.4, 0.5) is 0 Å². The minimum absolute atomic E-state index is 0.106. The number of aromatic nitrogens is 3. The first-order valence-corrected chi connectivity index (χ1v) is 6.90. The fourth-order valence-electron chi connectivity index (χ4n) is 2.08. The Hall–Kier alpha value is -3.10. The monoisotopic (exact) mass is 318 g/mol. The van der Waals surface area contributed by atoms with Crippen LogP contribution in [0.1, 0.15) is 16.1 Å². The number of nitrogens with one attached hydrogen (secondary N) is 1. The zero-order valence-corrected chi connectivity index (χ0v) is 12.1. The average molecular weight is 318 g/mol.